The average Bonchev–Trinajstić information content (AvgIpc) is 2.59. The lowest BCUT2D eigenvalue weighted by molar-refractivity contribution is 0.708. The molecule has 0 atom stereocenters. The highest BCUT2D eigenvalue weighted by molar-refractivity contribution is 5.78. The quantitative estimate of drug-likeness (QED) is 0.260. The molecule has 6 heteroatoms. The molecule has 1 aromatic heterocycles. The molecular weight excluding hydrogens is 180 g/mol. The molecule has 78 valence electrons. The van der Waals surface area contributed by atoms with Crippen LogP contribution in [0.1, 0.15) is 12.6 Å². The number of aromatic nitrogens is 2. The summed E-state index contributed by atoms with van der Waals surface area (Å²) in [6.07, 6.45) is 1.74. The van der Waals surface area contributed by atoms with Gasteiger partial charge in [-0.1, -0.05) is 0 Å². The molecule has 0 amide bonds. The summed E-state index contributed by atoms with van der Waals surface area (Å²) in [5.41, 5.74) is 3.53. The monoisotopic (exact) mass is 196 g/mol. The topological polar surface area (TPSA) is 80.3 Å². The Labute approximate surface area is 83.2 Å². The van der Waals surface area contributed by atoms with E-state index in [1.165, 1.54) is 0 Å². The maximum atomic E-state index is 5.27. The first-order chi connectivity index (χ1) is 6.77. The van der Waals surface area contributed by atoms with Gasteiger partial charge in [-0.3, -0.25) is 10.1 Å². The molecule has 0 aliphatic carbocycles. The Hall–Kier alpha value is -1.56. The van der Waals surface area contributed by atoms with Crippen LogP contribution in [0.2, 0.25) is 0 Å². The van der Waals surface area contributed by atoms with E-state index in [0.29, 0.717) is 12.5 Å². The molecule has 1 heterocycles. The van der Waals surface area contributed by atoms with Crippen LogP contribution in [0.3, 0.4) is 0 Å². The molecule has 14 heavy (non-hydrogen) atoms. The molecule has 0 aromatic carbocycles. The van der Waals surface area contributed by atoms with E-state index in [9.17, 15) is 0 Å². The minimum Gasteiger partial charge on any atom is -0.356 e. The molecule has 0 fully saturated rings. The van der Waals surface area contributed by atoms with Gasteiger partial charge in [0.05, 0.1) is 12.2 Å². The number of nitrogens with zero attached hydrogens (tertiary/aromatic N) is 3. The maximum absolute atomic E-state index is 5.27. The van der Waals surface area contributed by atoms with Crippen LogP contribution in [0.25, 0.3) is 0 Å². The number of hydrogen-bond acceptors (Lipinski definition) is 3. The summed E-state index contributed by atoms with van der Waals surface area (Å²) >= 11 is 0. The predicted octanol–water partition coefficient (Wildman–Crippen LogP) is -0.651. The largest absolute Gasteiger partial charge is 0.356 e. The van der Waals surface area contributed by atoms with Crippen molar-refractivity contribution in [3.8, 4) is 0 Å². The first kappa shape index (κ1) is 10.5. The zero-order chi connectivity index (χ0) is 10.4. The van der Waals surface area contributed by atoms with Gasteiger partial charge in [0.2, 0.25) is 5.96 Å². The Bertz CT molecular complexity index is 303. The van der Waals surface area contributed by atoms with Crippen molar-refractivity contribution in [2.24, 2.45) is 17.9 Å². The van der Waals surface area contributed by atoms with Crippen LogP contribution in [0.4, 0.5) is 0 Å². The minimum atomic E-state index is 0.559. The summed E-state index contributed by atoms with van der Waals surface area (Å²) in [4.78, 5) is 4.24. The second-order valence-electron chi connectivity index (χ2n) is 2.79. The van der Waals surface area contributed by atoms with Gasteiger partial charge in [-0.2, -0.15) is 5.10 Å². The van der Waals surface area contributed by atoms with E-state index in [2.05, 4.69) is 20.8 Å². The molecule has 0 bridgehead atoms. The van der Waals surface area contributed by atoms with Crippen LogP contribution >= 0.6 is 0 Å². The molecule has 4 N–H and O–H groups in total. The number of hydrogen-bond donors (Lipinski definition) is 3. The number of aliphatic imine (C=N–C) groups is 1. The van der Waals surface area contributed by atoms with Gasteiger partial charge in [-0.25, -0.2) is 10.8 Å². The van der Waals surface area contributed by atoms with E-state index < -0.39 is 0 Å². The van der Waals surface area contributed by atoms with Gasteiger partial charge in [0.25, 0.3) is 0 Å². The Balaban J connectivity index is 2.56. The van der Waals surface area contributed by atoms with Gasteiger partial charge in [0.15, 0.2) is 0 Å². The van der Waals surface area contributed by atoms with Crippen molar-refractivity contribution in [1.29, 1.82) is 0 Å². The van der Waals surface area contributed by atoms with Gasteiger partial charge in [0.1, 0.15) is 0 Å². The van der Waals surface area contributed by atoms with Crippen molar-refractivity contribution in [2.75, 3.05) is 6.54 Å². The van der Waals surface area contributed by atoms with Gasteiger partial charge in [-0.05, 0) is 13.0 Å². The standard InChI is InChI=1S/C8H16N6/c1-3-10-8(13-9)11-6-7-4-5-12-14(7)2/h4-5H,3,6,9H2,1-2H3,(H2,10,11,13). The van der Waals surface area contributed by atoms with E-state index in [1.54, 1.807) is 10.9 Å². The highest BCUT2D eigenvalue weighted by atomic mass is 15.3. The molecule has 1 rings (SSSR count). The number of guanidine groups is 1. The van der Waals surface area contributed by atoms with Gasteiger partial charge >= 0.3 is 0 Å². The second kappa shape index (κ2) is 5.23. The average molecular weight is 196 g/mol. The van der Waals surface area contributed by atoms with Gasteiger partial charge in [0, 0.05) is 19.8 Å². The number of nitrogens with two attached hydrogens (primary N) is 1. The maximum Gasteiger partial charge on any atom is 0.206 e. The van der Waals surface area contributed by atoms with E-state index in [1.807, 2.05) is 20.0 Å². The second-order valence-corrected chi connectivity index (χ2v) is 2.79. The summed E-state index contributed by atoms with van der Waals surface area (Å²) in [6, 6.07) is 1.92. The van der Waals surface area contributed by atoms with Crippen molar-refractivity contribution in [3.63, 3.8) is 0 Å². The van der Waals surface area contributed by atoms with Crippen molar-refractivity contribution < 1.29 is 0 Å². The lowest BCUT2D eigenvalue weighted by Crippen LogP contribution is -2.41. The molecule has 0 unspecified atom stereocenters. The smallest absolute Gasteiger partial charge is 0.206 e. The van der Waals surface area contributed by atoms with Crippen molar-refractivity contribution in [1.82, 2.24) is 20.5 Å². The minimum absolute atomic E-state index is 0.559. The summed E-state index contributed by atoms with van der Waals surface area (Å²) < 4.78 is 1.78. The zero-order valence-electron chi connectivity index (χ0n) is 8.49. The molecular formula is C8H16N6. The molecule has 0 saturated heterocycles. The van der Waals surface area contributed by atoms with Crippen LogP contribution in [-0.2, 0) is 13.6 Å². The third-order valence-corrected chi connectivity index (χ3v) is 1.80. The van der Waals surface area contributed by atoms with Gasteiger partial charge < -0.3 is 5.32 Å². The van der Waals surface area contributed by atoms with E-state index in [0.717, 1.165) is 12.2 Å². The SMILES string of the molecule is CCNC(=NCc1ccnn1C)NN. The summed E-state index contributed by atoms with van der Waals surface area (Å²) in [5, 5.41) is 7.04. The highest BCUT2D eigenvalue weighted by Gasteiger charge is 1.97. The van der Waals surface area contributed by atoms with Crippen LogP contribution in [-0.4, -0.2) is 22.3 Å². The fourth-order valence-corrected chi connectivity index (χ4v) is 1.04. The Morgan fingerprint density at radius 2 is 2.50 bits per heavy atom. The third-order valence-electron chi connectivity index (χ3n) is 1.80. The molecule has 0 aliphatic rings. The summed E-state index contributed by atoms with van der Waals surface area (Å²) in [5.74, 6) is 5.86. The lowest BCUT2D eigenvalue weighted by Gasteiger charge is -2.06. The van der Waals surface area contributed by atoms with E-state index in [-0.39, 0.29) is 0 Å². The van der Waals surface area contributed by atoms with Crippen LogP contribution in [0.15, 0.2) is 17.3 Å². The van der Waals surface area contributed by atoms with Crippen molar-refractivity contribution in [3.05, 3.63) is 18.0 Å². The third kappa shape index (κ3) is 2.74. The molecule has 0 radical (unpaired) electrons. The van der Waals surface area contributed by atoms with Crippen LogP contribution in [0.5, 0.6) is 0 Å². The normalized spacial score (nSPS) is 11.5. The number of aryl methyl sites for hydroxylation is 1. The number of rotatable bonds is 3. The van der Waals surface area contributed by atoms with Crippen LogP contribution in [0, 0.1) is 0 Å². The predicted molar refractivity (Wildman–Crippen MR) is 55.3 cm³/mol. The number of hydrazine groups is 1. The molecule has 0 saturated carbocycles. The first-order valence-electron chi connectivity index (χ1n) is 4.49. The van der Waals surface area contributed by atoms with E-state index in [4.69, 9.17) is 5.84 Å². The first-order valence-corrected chi connectivity index (χ1v) is 4.49. The van der Waals surface area contributed by atoms with Crippen molar-refractivity contribution in [2.45, 2.75) is 13.5 Å². The lowest BCUT2D eigenvalue weighted by atomic mass is 10.4. The number of nitrogens with one attached hydrogen (secondary N) is 2. The van der Waals surface area contributed by atoms with Crippen LogP contribution < -0.4 is 16.6 Å². The molecule has 1 aromatic rings. The summed E-state index contributed by atoms with van der Waals surface area (Å²) in [7, 11) is 1.88. The Morgan fingerprint density at radius 1 is 1.71 bits per heavy atom. The summed E-state index contributed by atoms with van der Waals surface area (Å²) in [6.45, 7) is 3.33. The van der Waals surface area contributed by atoms with E-state index >= 15 is 0 Å². The Kier molecular flexibility index (Phi) is 3.93. The molecule has 6 nitrogen and oxygen atoms in total. The zero-order valence-corrected chi connectivity index (χ0v) is 8.49. The van der Waals surface area contributed by atoms with Crippen molar-refractivity contribution >= 4 is 5.96 Å². The Morgan fingerprint density at radius 3 is 3.00 bits per heavy atom. The fraction of sp³-hybridized carbons (Fsp3) is 0.500. The fourth-order valence-electron chi connectivity index (χ4n) is 1.04. The molecule has 0 aliphatic heterocycles. The molecule has 0 spiro atoms. The highest BCUT2D eigenvalue weighted by Crippen LogP contribution is 1.97. The van der Waals surface area contributed by atoms with Gasteiger partial charge in [-0.15, -0.1) is 0 Å².